The molecule has 0 radical (unpaired) electrons. The highest BCUT2D eigenvalue weighted by Gasteiger charge is 2.33. The molecule has 0 bridgehead atoms. The number of thioether (sulfide) groups is 1. The van der Waals surface area contributed by atoms with Gasteiger partial charge in [0.1, 0.15) is 5.75 Å². The van der Waals surface area contributed by atoms with Crippen molar-refractivity contribution < 1.29 is 9.53 Å². The number of anilines is 1. The van der Waals surface area contributed by atoms with Gasteiger partial charge in [0.15, 0.2) is 4.32 Å². The lowest BCUT2D eigenvalue weighted by molar-refractivity contribution is -0.113. The lowest BCUT2D eigenvalue weighted by atomic mass is 10.2. The third-order valence-electron chi connectivity index (χ3n) is 3.34. The Labute approximate surface area is 162 Å². The molecule has 0 N–H and O–H groups in total. The summed E-state index contributed by atoms with van der Waals surface area (Å²) in [7, 11) is 1.60. The van der Waals surface area contributed by atoms with Crippen LogP contribution in [0.15, 0.2) is 51.8 Å². The Morgan fingerprint density at radius 3 is 2.79 bits per heavy atom. The van der Waals surface area contributed by atoms with E-state index in [-0.39, 0.29) is 5.91 Å². The zero-order valence-electron chi connectivity index (χ0n) is 12.5. The standard InChI is InChI=1S/C17H11BrClNO2S2/c1-22-14-6-5-11(18)7-10(14)8-15-16(21)20(17(23)24-15)13-4-2-3-12(19)9-13/h2-9H,1H3/b15-8+. The minimum Gasteiger partial charge on any atom is -0.496 e. The van der Waals surface area contributed by atoms with Crippen molar-refractivity contribution in [2.45, 2.75) is 0 Å². The molecule has 0 unspecified atom stereocenters. The number of ether oxygens (including phenoxy) is 1. The first-order valence-corrected chi connectivity index (χ1v) is 9.26. The van der Waals surface area contributed by atoms with Gasteiger partial charge < -0.3 is 4.74 Å². The van der Waals surface area contributed by atoms with Crippen LogP contribution in [0.5, 0.6) is 5.75 Å². The van der Waals surface area contributed by atoms with Crippen molar-refractivity contribution >= 4 is 73.5 Å². The topological polar surface area (TPSA) is 29.5 Å². The van der Waals surface area contributed by atoms with Gasteiger partial charge in [-0.1, -0.05) is 57.6 Å². The molecule has 122 valence electrons. The first kappa shape index (κ1) is 17.5. The summed E-state index contributed by atoms with van der Waals surface area (Å²) in [5.74, 6) is 0.514. The molecule has 3 nitrogen and oxygen atoms in total. The number of benzene rings is 2. The van der Waals surface area contributed by atoms with E-state index in [0.717, 1.165) is 10.0 Å². The molecule has 0 aromatic heterocycles. The molecule has 1 amide bonds. The smallest absolute Gasteiger partial charge is 0.270 e. The van der Waals surface area contributed by atoms with E-state index in [4.69, 9.17) is 28.6 Å². The van der Waals surface area contributed by atoms with Gasteiger partial charge in [-0.25, -0.2) is 0 Å². The van der Waals surface area contributed by atoms with Crippen molar-refractivity contribution in [2.75, 3.05) is 12.0 Å². The number of thiocarbonyl (C=S) groups is 1. The van der Waals surface area contributed by atoms with E-state index >= 15 is 0 Å². The van der Waals surface area contributed by atoms with Gasteiger partial charge >= 0.3 is 0 Å². The van der Waals surface area contributed by atoms with Crippen LogP contribution >= 0.6 is 51.5 Å². The second kappa shape index (κ2) is 7.27. The number of hydrogen-bond donors (Lipinski definition) is 0. The predicted octanol–water partition coefficient (Wildman–Crippen LogP) is 5.52. The van der Waals surface area contributed by atoms with Gasteiger partial charge in [-0.05, 0) is 42.5 Å². The zero-order valence-corrected chi connectivity index (χ0v) is 16.4. The van der Waals surface area contributed by atoms with E-state index in [1.165, 1.54) is 16.7 Å². The Morgan fingerprint density at radius 2 is 2.08 bits per heavy atom. The minimum atomic E-state index is -0.172. The molecule has 1 heterocycles. The van der Waals surface area contributed by atoms with Crippen LogP contribution in [0.2, 0.25) is 5.02 Å². The van der Waals surface area contributed by atoms with Gasteiger partial charge in [0.05, 0.1) is 17.7 Å². The molecule has 1 saturated heterocycles. The van der Waals surface area contributed by atoms with E-state index in [9.17, 15) is 4.79 Å². The number of nitrogens with zero attached hydrogens (tertiary/aromatic N) is 1. The molecule has 3 rings (SSSR count). The van der Waals surface area contributed by atoms with E-state index < -0.39 is 0 Å². The monoisotopic (exact) mass is 439 g/mol. The maximum absolute atomic E-state index is 12.8. The SMILES string of the molecule is COc1ccc(Br)cc1/C=C1/SC(=S)N(c2cccc(Cl)c2)C1=O. The Morgan fingerprint density at radius 1 is 1.29 bits per heavy atom. The van der Waals surface area contributed by atoms with Crippen LogP contribution in [0.1, 0.15) is 5.56 Å². The fraction of sp³-hybridized carbons (Fsp3) is 0.0588. The average molecular weight is 441 g/mol. The van der Waals surface area contributed by atoms with Crippen molar-refractivity contribution in [2.24, 2.45) is 0 Å². The van der Waals surface area contributed by atoms with Crippen LogP contribution in [0, 0.1) is 0 Å². The maximum atomic E-state index is 12.8. The molecule has 1 aliphatic rings. The number of methoxy groups -OCH3 is 1. The van der Waals surface area contributed by atoms with Crippen LogP contribution in [-0.2, 0) is 4.79 Å². The quantitative estimate of drug-likeness (QED) is 0.464. The van der Waals surface area contributed by atoms with Gasteiger partial charge in [0.2, 0.25) is 0 Å². The fourth-order valence-electron chi connectivity index (χ4n) is 2.26. The third-order valence-corrected chi connectivity index (χ3v) is 5.37. The lowest BCUT2D eigenvalue weighted by Crippen LogP contribution is -2.27. The van der Waals surface area contributed by atoms with Gasteiger partial charge in [-0.2, -0.15) is 0 Å². The third kappa shape index (κ3) is 3.52. The summed E-state index contributed by atoms with van der Waals surface area (Å²) < 4.78 is 6.73. The summed E-state index contributed by atoms with van der Waals surface area (Å²) in [6, 6.07) is 12.7. The second-order valence-corrected chi connectivity index (χ2v) is 7.91. The zero-order chi connectivity index (χ0) is 17.3. The summed E-state index contributed by atoms with van der Waals surface area (Å²) in [6.45, 7) is 0. The number of amides is 1. The predicted molar refractivity (Wildman–Crippen MR) is 108 cm³/mol. The molecule has 0 saturated carbocycles. The number of halogens is 2. The average Bonchev–Trinajstić information content (AvgIpc) is 2.81. The first-order valence-electron chi connectivity index (χ1n) is 6.86. The van der Waals surface area contributed by atoms with Crippen molar-refractivity contribution in [3.8, 4) is 5.75 Å². The van der Waals surface area contributed by atoms with Crippen LogP contribution in [0.3, 0.4) is 0 Å². The Bertz CT molecular complexity index is 869. The van der Waals surface area contributed by atoms with Crippen LogP contribution < -0.4 is 9.64 Å². The van der Waals surface area contributed by atoms with E-state index in [1.54, 1.807) is 37.5 Å². The summed E-state index contributed by atoms with van der Waals surface area (Å²) in [6.07, 6.45) is 1.79. The summed E-state index contributed by atoms with van der Waals surface area (Å²) in [5, 5.41) is 0.555. The van der Waals surface area contributed by atoms with Crippen molar-refractivity contribution in [3.05, 3.63) is 62.4 Å². The molecule has 2 aromatic rings. The molecular weight excluding hydrogens is 430 g/mol. The highest BCUT2D eigenvalue weighted by molar-refractivity contribution is 9.10. The summed E-state index contributed by atoms with van der Waals surface area (Å²) >= 11 is 16.1. The number of rotatable bonds is 3. The second-order valence-electron chi connectivity index (χ2n) is 4.88. The fourth-order valence-corrected chi connectivity index (χ4v) is 4.12. The first-order chi connectivity index (χ1) is 11.5. The van der Waals surface area contributed by atoms with Gasteiger partial charge in [-0.3, -0.25) is 9.69 Å². The van der Waals surface area contributed by atoms with Gasteiger partial charge in [0, 0.05) is 15.1 Å². The Kier molecular flexibility index (Phi) is 5.30. The Balaban J connectivity index is 1.99. The highest BCUT2D eigenvalue weighted by atomic mass is 79.9. The summed E-state index contributed by atoms with van der Waals surface area (Å²) in [5.41, 5.74) is 1.47. The van der Waals surface area contributed by atoms with Crippen molar-refractivity contribution in [1.29, 1.82) is 0 Å². The molecule has 0 spiro atoms. The largest absolute Gasteiger partial charge is 0.496 e. The lowest BCUT2D eigenvalue weighted by Gasteiger charge is -2.14. The molecule has 2 aromatic carbocycles. The molecule has 24 heavy (non-hydrogen) atoms. The molecule has 1 aliphatic heterocycles. The van der Waals surface area contributed by atoms with Crippen molar-refractivity contribution in [3.63, 3.8) is 0 Å². The van der Waals surface area contributed by atoms with Crippen LogP contribution in [-0.4, -0.2) is 17.3 Å². The summed E-state index contributed by atoms with van der Waals surface area (Å²) in [4.78, 5) is 14.8. The molecule has 0 aliphatic carbocycles. The van der Waals surface area contributed by atoms with Gasteiger partial charge in [-0.15, -0.1) is 0 Å². The highest BCUT2D eigenvalue weighted by Crippen LogP contribution is 2.38. The van der Waals surface area contributed by atoms with E-state index in [0.29, 0.717) is 25.7 Å². The number of carbonyl (C=O) groups is 1. The van der Waals surface area contributed by atoms with Crippen LogP contribution in [0.25, 0.3) is 6.08 Å². The van der Waals surface area contributed by atoms with E-state index in [2.05, 4.69) is 15.9 Å². The molecular formula is C17H11BrClNO2S2. The molecule has 1 fully saturated rings. The van der Waals surface area contributed by atoms with E-state index in [1.807, 2.05) is 18.2 Å². The molecule has 0 atom stereocenters. The Hall–Kier alpha value is -1.34. The number of hydrogen-bond acceptors (Lipinski definition) is 4. The normalized spacial score (nSPS) is 16.1. The maximum Gasteiger partial charge on any atom is 0.270 e. The van der Waals surface area contributed by atoms with Gasteiger partial charge in [0.25, 0.3) is 5.91 Å². The number of carbonyl (C=O) groups excluding carboxylic acids is 1. The van der Waals surface area contributed by atoms with Crippen molar-refractivity contribution in [1.82, 2.24) is 0 Å². The minimum absolute atomic E-state index is 0.172. The molecule has 7 heteroatoms. The van der Waals surface area contributed by atoms with Crippen LogP contribution in [0.4, 0.5) is 5.69 Å².